The van der Waals surface area contributed by atoms with Crippen LogP contribution in [0.3, 0.4) is 0 Å². The SMILES string of the molecule is COc1cccc(CNCCc2c[nH]c3ccc(OC)cc23)c1. The number of methoxy groups -OCH3 is 2. The van der Waals surface area contributed by atoms with Crippen LogP contribution in [0.5, 0.6) is 11.5 Å². The van der Waals surface area contributed by atoms with Gasteiger partial charge in [-0.1, -0.05) is 12.1 Å². The van der Waals surface area contributed by atoms with Crippen molar-refractivity contribution in [3.63, 3.8) is 0 Å². The van der Waals surface area contributed by atoms with Crippen molar-refractivity contribution in [2.75, 3.05) is 20.8 Å². The maximum Gasteiger partial charge on any atom is 0.119 e. The highest BCUT2D eigenvalue weighted by atomic mass is 16.5. The maximum absolute atomic E-state index is 5.31. The highest BCUT2D eigenvalue weighted by Gasteiger charge is 2.05. The molecular weight excluding hydrogens is 288 g/mol. The molecule has 0 unspecified atom stereocenters. The Bertz CT molecular complexity index is 780. The number of benzene rings is 2. The number of hydrogen-bond donors (Lipinski definition) is 2. The molecule has 3 aromatic rings. The predicted molar refractivity (Wildman–Crippen MR) is 93.3 cm³/mol. The van der Waals surface area contributed by atoms with Gasteiger partial charge >= 0.3 is 0 Å². The van der Waals surface area contributed by atoms with Gasteiger partial charge in [-0.25, -0.2) is 0 Å². The maximum atomic E-state index is 5.31. The third-order valence-electron chi connectivity index (χ3n) is 4.01. The molecule has 1 heterocycles. The van der Waals surface area contributed by atoms with E-state index in [9.17, 15) is 0 Å². The number of hydrogen-bond acceptors (Lipinski definition) is 3. The molecule has 1 aromatic heterocycles. The molecule has 0 bridgehead atoms. The number of ether oxygens (including phenoxy) is 2. The molecule has 4 nitrogen and oxygen atoms in total. The van der Waals surface area contributed by atoms with E-state index in [1.54, 1.807) is 14.2 Å². The van der Waals surface area contributed by atoms with Crippen molar-refractivity contribution in [3.8, 4) is 11.5 Å². The average Bonchev–Trinajstić information content (AvgIpc) is 3.01. The molecule has 0 radical (unpaired) electrons. The summed E-state index contributed by atoms with van der Waals surface area (Å²) in [4.78, 5) is 3.31. The van der Waals surface area contributed by atoms with Crippen molar-refractivity contribution >= 4 is 10.9 Å². The molecule has 23 heavy (non-hydrogen) atoms. The number of H-pyrrole nitrogens is 1. The number of aromatic nitrogens is 1. The molecule has 120 valence electrons. The monoisotopic (exact) mass is 310 g/mol. The Morgan fingerprint density at radius 2 is 1.83 bits per heavy atom. The molecule has 0 amide bonds. The van der Waals surface area contributed by atoms with Crippen molar-refractivity contribution < 1.29 is 9.47 Å². The fourth-order valence-corrected chi connectivity index (χ4v) is 2.73. The van der Waals surface area contributed by atoms with Crippen LogP contribution in [0.4, 0.5) is 0 Å². The number of rotatable bonds is 7. The lowest BCUT2D eigenvalue weighted by Crippen LogP contribution is -2.16. The van der Waals surface area contributed by atoms with Gasteiger partial charge in [-0.05, 0) is 54.4 Å². The summed E-state index contributed by atoms with van der Waals surface area (Å²) in [7, 11) is 3.39. The summed E-state index contributed by atoms with van der Waals surface area (Å²) in [5.74, 6) is 1.79. The van der Waals surface area contributed by atoms with Crippen molar-refractivity contribution in [2.24, 2.45) is 0 Å². The summed E-state index contributed by atoms with van der Waals surface area (Å²) >= 11 is 0. The third kappa shape index (κ3) is 3.66. The van der Waals surface area contributed by atoms with Crippen molar-refractivity contribution in [1.82, 2.24) is 10.3 Å². The van der Waals surface area contributed by atoms with Crippen LogP contribution in [-0.2, 0) is 13.0 Å². The van der Waals surface area contributed by atoms with Crippen LogP contribution in [0.1, 0.15) is 11.1 Å². The smallest absolute Gasteiger partial charge is 0.119 e. The summed E-state index contributed by atoms with van der Waals surface area (Å²) in [6, 6.07) is 14.3. The Morgan fingerprint density at radius 1 is 1.00 bits per heavy atom. The quantitative estimate of drug-likeness (QED) is 0.656. The predicted octanol–water partition coefficient (Wildman–Crippen LogP) is 3.52. The van der Waals surface area contributed by atoms with Gasteiger partial charge in [-0.15, -0.1) is 0 Å². The lowest BCUT2D eigenvalue weighted by atomic mass is 10.1. The number of aromatic amines is 1. The van der Waals surface area contributed by atoms with E-state index < -0.39 is 0 Å². The standard InChI is InChI=1S/C19H22N2O2/c1-22-16-5-3-4-14(10-16)12-20-9-8-15-13-21-19-7-6-17(23-2)11-18(15)19/h3-7,10-11,13,20-21H,8-9,12H2,1-2H3. The van der Waals surface area contributed by atoms with E-state index in [1.165, 1.54) is 16.5 Å². The Balaban J connectivity index is 1.58. The summed E-state index contributed by atoms with van der Waals surface area (Å²) < 4.78 is 10.6. The molecule has 4 heteroatoms. The molecule has 2 N–H and O–H groups in total. The van der Waals surface area contributed by atoms with Crippen molar-refractivity contribution in [2.45, 2.75) is 13.0 Å². The second kappa shape index (κ2) is 7.20. The van der Waals surface area contributed by atoms with Crippen LogP contribution < -0.4 is 14.8 Å². The zero-order valence-electron chi connectivity index (χ0n) is 13.6. The molecule has 0 aliphatic rings. The topological polar surface area (TPSA) is 46.3 Å². The lowest BCUT2D eigenvalue weighted by Gasteiger charge is -2.07. The molecule has 0 atom stereocenters. The van der Waals surface area contributed by atoms with Gasteiger partial charge in [0, 0.05) is 23.6 Å². The average molecular weight is 310 g/mol. The van der Waals surface area contributed by atoms with Gasteiger partial charge in [0.15, 0.2) is 0 Å². The molecule has 0 aliphatic carbocycles. The van der Waals surface area contributed by atoms with E-state index in [0.717, 1.165) is 36.5 Å². The molecule has 0 saturated carbocycles. The van der Waals surface area contributed by atoms with Gasteiger partial charge in [0.05, 0.1) is 14.2 Å². The molecule has 0 spiro atoms. The van der Waals surface area contributed by atoms with Gasteiger partial charge in [0.25, 0.3) is 0 Å². The fraction of sp³-hybridized carbons (Fsp3) is 0.263. The summed E-state index contributed by atoms with van der Waals surface area (Å²) in [5.41, 5.74) is 3.68. The highest BCUT2D eigenvalue weighted by Crippen LogP contribution is 2.23. The first-order valence-electron chi connectivity index (χ1n) is 7.78. The molecule has 2 aromatic carbocycles. The Hall–Kier alpha value is -2.46. The molecule has 3 rings (SSSR count). The molecule has 0 fully saturated rings. The van der Waals surface area contributed by atoms with Gasteiger partial charge < -0.3 is 19.8 Å². The van der Waals surface area contributed by atoms with E-state index in [-0.39, 0.29) is 0 Å². The van der Waals surface area contributed by atoms with E-state index in [1.807, 2.05) is 18.2 Å². The third-order valence-corrected chi connectivity index (χ3v) is 4.01. The fourth-order valence-electron chi connectivity index (χ4n) is 2.73. The summed E-state index contributed by atoms with van der Waals surface area (Å²) in [5, 5.41) is 4.71. The van der Waals surface area contributed by atoms with Crippen LogP contribution in [-0.4, -0.2) is 25.7 Å². The summed E-state index contributed by atoms with van der Waals surface area (Å²) in [6.45, 7) is 1.75. The normalized spacial score (nSPS) is 10.9. The molecule has 0 saturated heterocycles. The van der Waals surface area contributed by atoms with E-state index in [2.05, 4.69) is 40.8 Å². The minimum absolute atomic E-state index is 0.836. The van der Waals surface area contributed by atoms with Gasteiger partial charge in [0.1, 0.15) is 11.5 Å². The molecular formula is C19H22N2O2. The Labute approximate surface area is 136 Å². The second-order valence-electron chi connectivity index (χ2n) is 5.50. The van der Waals surface area contributed by atoms with Crippen molar-refractivity contribution in [3.05, 3.63) is 59.8 Å². The van der Waals surface area contributed by atoms with Crippen LogP contribution in [0.15, 0.2) is 48.7 Å². The van der Waals surface area contributed by atoms with E-state index >= 15 is 0 Å². The van der Waals surface area contributed by atoms with Crippen LogP contribution in [0, 0.1) is 0 Å². The van der Waals surface area contributed by atoms with E-state index in [4.69, 9.17) is 9.47 Å². The number of fused-ring (bicyclic) bond motifs is 1. The Kier molecular flexibility index (Phi) is 4.83. The lowest BCUT2D eigenvalue weighted by molar-refractivity contribution is 0.414. The van der Waals surface area contributed by atoms with Crippen LogP contribution in [0.25, 0.3) is 10.9 Å². The minimum Gasteiger partial charge on any atom is -0.497 e. The second-order valence-corrected chi connectivity index (χ2v) is 5.50. The molecule has 0 aliphatic heterocycles. The minimum atomic E-state index is 0.836. The number of nitrogens with one attached hydrogen (secondary N) is 2. The Morgan fingerprint density at radius 3 is 2.65 bits per heavy atom. The van der Waals surface area contributed by atoms with Gasteiger partial charge in [0.2, 0.25) is 0 Å². The van der Waals surface area contributed by atoms with E-state index in [0.29, 0.717) is 0 Å². The zero-order chi connectivity index (χ0) is 16.1. The highest BCUT2D eigenvalue weighted by molar-refractivity contribution is 5.84. The first kappa shape index (κ1) is 15.4. The first-order valence-corrected chi connectivity index (χ1v) is 7.78. The van der Waals surface area contributed by atoms with Crippen molar-refractivity contribution in [1.29, 1.82) is 0 Å². The van der Waals surface area contributed by atoms with Crippen LogP contribution >= 0.6 is 0 Å². The largest absolute Gasteiger partial charge is 0.497 e. The first-order chi connectivity index (χ1) is 11.3. The van der Waals surface area contributed by atoms with Gasteiger partial charge in [-0.3, -0.25) is 0 Å². The van der Waals surface area contributed by atoms with Gasteiger partial charge in [-0.2, -0.15) is 0 Å². The van der Waals surface area contributed by atoms with Crippen LogP contribution in [0.2, 0.25) is 0 Å². The summed E-state index contributed by atoms with van der Waals surface area (Å²) in [6.07, 6.45) is 3.05. The zero-order valence-corrected chi connectivity index (χ0v) is 13.6.